The van der Waals surface area contributed by atoms with Crippen LogP contribution in [0.3, 0.4) is 0 Å². The predicted molar refractivity (Wildman–Crippen MR) is 70.8 cm³/mol. The Hall–Kier alpha value is -1.00. The van der Waals surface area contributed by atoms with Crippen molar-refractivity contribution in [3.8, 4) is 0 Å². The van der Waals surface area contributed by atoms with Crippen molar-refractivity contribution in [2.45, 2.75) is 38.4 Å². The van der Waals surface area contributed by atoms with Crippen molar-refractivity contribution in [2.75, 3.05) is 19.6 Å². The maximum Gasteiger partial charge on any atom is 0.127 e. The van der Waals surface area contributed by atoms with Gasteiger partial charge < -0.3 is 0 Å². The van der Waals surface area contributed by atoms with Crippen LogP contribution < -0.4 is 0 Å². The summed E-state index contributed by atoms with van der Waals surface area (Å²) < 4.78 is 26.9. The summed E-state index contributed by atoms with van der Waals surface area (Å²) in [5, 5.41) is 0. The number of benzene rings is 1. The zero-order valence-electron chi connectivity index (χ0n) is 11.3. The lowest BCUT2D eigenvalue weighted by molar-refractivity contribution is 0.0532. The first-order valence-corrected chi connectivity index (χ1v) is 7.05. The van der Waals surface area contributed by atoms with E-state index >= 15 is 0 Å². The van der Waals surface area contributed by atoms with Gasteiger partial charge in [-0.15, -0.1) is 0 Å². The van der Waals surface area contributed by atoms with Gasteiger partial charge in [0.05, 0.1) is 0 Å². The zero-order valence-corrected chi connectivity index (χ0v) is 11.3. The van der Waals surface area contributed by atoms with Crippen LogP contribution in [0.5, 0.6) is 0 Å². The molecule has 4 heteroatoms. The van der Waals surface area contributed by atoms with Gasteiger partial charge in [0.15, 0.2) is 0 Å². The van der Waals surface area contributed by atoms with Gasteiger partial charge in [-0.3, -0.25) is 9.80 Å². The summed E-state index contributed by atoms with van der Waals surface area (Å²) in [6, 6.07) is 4.73. The molecule has 1 aromatic rings. The second-order valence-electron chi connectivity index (χ2n) is 5.81. The van der Waals surface area contributed by atoms with Crippen molar-refractivity contribution in [1.29, 1.82) is 0 Å². The minimum absolute atomic E-state index is 0.303. The quantitative estimate of drug-likeness (QED) is 0.812. The number of halogens is 2. The monoisotopic (exact) mass is 266 g/mol. The molecule has 19 heavy (non-hydrogen) atoms. The fourth-order valence-corrected chi connectivity index (χ4v) is 3.35. The van der Waals surface area contributed by atoms with Crippen molar-refractivity contribution in [3.05, 3.63) is 35.4 Å². The van der Waals surface area contributed by atoms with Crippen molar-refractivity contribution in [1.82, 2.24) is 9.80 Å². The molecule has 104 valence electrons. The second-order valence-corrected chi connectivity index (χ2v) is 5.81. The summed E-state index contributed by atoms with van der Waals surface area (Å²) in [6.45, 7) is 5.89. The van der Waals surface area contributed by atoms with Crippen LogP contribution in [-0.2, 0) is 6.54 Å². The van der Waals surface area contributed by atoms with Crippen LogP contribution >= 0.6 is 0 Å². The van der Waals surface area contributed by atoms with Gasteiger partial charge in [0.25, 0.3) is 0 Å². The van der Waals surface area contributed by atoms with Gasteiger partial charge in [-0.25, -0.2) is 8.78 Å². The fraction of sp³-hybridized carbons (Fsp3) is 0.600. The van der Waals surface area contributed by atoms with Crippen LogP contribution in [0, 0.1) is 11.6 Å². The van der Waals surface area contributed by atoms with Crippen LogP contribution in [0.1, 0.15) is 25.3 Å². The molecule has 2 heterocycles. The van der Waals surface area contributed by atoms with Crippen molar-refractivity contribution >= 4 is 0 Å². The van der Waals surface area contributed by atoms with E-state index in [1.807, 2.05) is 0 Å². The molecule has 2 nitrogen and oxygen atoms in total. The highest BCUT2D eigenvalue weighted by Gasteiger charge is 2.34. The van der Waals surface area contributed by atoms with E-state index in [2.05, 4.69) is 16.7 Å². The Morgan fingerprint density at radius 3 is 2.95 bits per heavy atom. The van der Waals surface area contributed by atoms with E-state index in [9.17, 15) is 8.78 Å². The molecule has 0 radical (unpaired) electrons. The molecule has 0 saturated carbocycles. The third-order valence-electron chi connectivity index (χ3n) is 4.45. The number of fused-ring (bicyclic) bond motifs is 1. The Labute approximate surface area is 113 Å². The maximum absolute atomic E-state index is 13.7. The Bertz CT molecular complexity index is 463. The number of nitrogens with zero attached hydrogens (tertiary/aromatic N) is 2. The summed E-state index contributed by atoms with van der Waals surface area (Å²) in [4.78, 5) is 4.81. The summed E-state index contributed by atoms with van der Waals surface area (Å²) in [5.74, 6) is -0.661. The lowest BCUT2D eigenvalue weighted by Gasteiger charge is -2.42. The first-order chi connectivity index (χ1) is 9.13. The van der Waals surface area contributed by atoms with Gasteiger partial charge in [-0.1, -0.05) is 0 Å². The molecule has 0 spiro atoms. The third-order valence-corrected chi connectivity index (χ3v) is 4.45. The minimum Gasteiger partial charge on any atom is -0.298 e. The minimum atomic E-state index is -0.358. The molecule has 3 rings (SSSR count). The summed E-state index contributed by atoms with van der Waals surface area (Å²) >= 11 is 0. The molecule has 2 atom stereocenters. The molecule has 0 N–H and O–H groups in total. The Kier molecular flexibility index (Phi) is 3.54. The molecule has 0 aliphatic carbocycles. The van der Waals surface area contributed by atoms with Crippen LogP contribution in [0.25, 0.3) is 0 Å². The number of rotatable bonds is 2. The largest absolute Gasteiger partial charge is 0.298 e. The fourth-order valence-electron chi connectivity index (χ4n) is 3.35. The molecule has 0 amide bonds. The number of piperazine rings is 1. The molecule has 2 aliphatic rings. The lowest BCUT2D eigenvalue weighted by atomic mass is 10.1. The molecule has 2 aliphatic heterocycles. The second kappa shape index (κ2) is 5.17. The number of hydrogen-bond acceptors (Lipinski definition) is 2. The van der Waals surface area contributed by atoms with Gasteiger partial charge >= 0.3 is 0 Å². The normalized spacial score (nSPS) is 28.6. The van der Waals surface area contributed by atoms with E-state index < -0.39 is 0 Å². The molecule has 2 saturated heterocycles. The molecule has 2 fully saturated rings. The summed E-state index contributed by atoms with van der Waals surface area (Å²) in [5.41, 5.74) is 0.471. The highest BCUT2D eigenvalue weighted by molar-refractivity contribution is 5.19. The van der Waals surface area contributed by atoms with Gasteiger partial charge in [0.1, 0.15) is 11.6 Å². The Morgan fingerprint density at radius 2 is 2.11 bits per heavy atom. The van der Waals surface area contributed by atoms with E-state index in [0.717, 1.165) is 13.1 Å². The van der Waals surface area contributed by atoms with Crippen LogP contribution in [0.15, 0.2) is 18.2 Å². The molecule has 0 bridgehead atoms. The summed E-state index contributed by atoms with van der Waals surface area (Å²) in [6.07, 6.45) is 2.49. The highest BCUT2D eigenvalue weighted by atomic mass is 19.1. The van der Waals surface area contributed by atoms with Gasteiger partial charge in [0, 0.05) is 37.3 Å². The first kappa shape index (κ1) is 13.0. The van der Waals surface area contributed by atoms with Gasteiger partial charge in [-0.2, -0.15) is 0 Å². The van der Waals surface area contributed by atoms with Crippen LogP contribution in [0.2, 0.25) is 0 Å². The van der Waals surface area contributed by atoms with Crippen molar-refractivity contribution in [2.24, 2.45) is 0 Å². The molecular formula is C15H20F2N2. The van der Waals surface area contributed by atoms with Crippen LogP contribution in [-0.4, -0.2) is 41.5 Å². The molecule has 1 aromatic carbocycles. The average molecular weight is 266 g/mol. The first-order valence-electron chi connectivity index (χ1n) is 7.05. The zero-order chi connectivity index (χ0) is 13.4. The lowest BCUT2D eigenvalue weighted by Crippen LogP contribution is -2.54. The van der Waals surface area contributed by atoms with E-state index in [1.54, 1.807) is 0 Å². The third kappa shape index (κ3) is 2.65. The predicted octanol–water partition coefficient (Wildman–Crippen LogP) is 2.63. The molecule has 0 unspecified atom stereocenters. The summed E-state index contributed by atoms with van der Waals surface area (Å²) in [7, 11) is 0. The topological polar surface area (TPSA) is 6.48 Å². The van der Waals surface area contributed by atoms with Gasteiger partial charge in [0.2, 0.25) is 0 Å². The standard InChI is InChI=1S/C15H20F2N2/c1-11-8-18-6-2-3-14(18)10-19(11)9-12-7-13(16)4-5-15(12)17/h4-5,7,11,14H,2-3,6,8-10H2,1H3/t11-,14+/m1/s1. The van der Waals surface area contributed by atoms with Crippen LogP contribution in [0.4, 0.5) is 8.78 Å². The average Bonchev–Trinajstić information content (AvgIpc) is 2.81. The number of hydrogen-bond donors (Lipinski definition) is 0. The van der Waals surface area contributed by atoms with E-state index in [4.69, 9.17) is 0 Å². The molecule has 0 aromatic heterocycles. The van der Waals surface area contributed by atoms with E-state index in [-0.39, 0.29) is 11.6 Å². The van der Waals surface area contributed by atoms with E-state index in [0.29, 0.717) is 24.2 Å². The molecular weight excluding hydrogens is 246 g/mol. The van der Waals surface area contributed by atoms with E-state index in [1.165, 1.54) is 37.6 Å². The highest BCUT2D eigenvalue weighted by Crippen LogP contribution is 2.26. The van der Waals surface area contributed by atoms with Gasteiger partial charge in [-0.05, 0) is 44.5 Å². The SMILES string of the molecule is C[C@@H]1CN2CCC[C@H]2CN1Cc1cc(F)ccc1F. The Balaban J connectivity index is 1.73. The smallest absolute Gasteiger partial charge is 0.127 e. The maximum atomic E-state index is 13.7. The Morgan fingerprint density at radius 1 is 1.26 bits per heavy atom. The van der Waals surface area contributed by atoms with Crippen molar-refractivity contribution < 1.29 is 8.78 Å². The van der Waals surface area contributed by atoms with Crippen molar-refractivity contribution in [3.63, 3.8) is 0 Å².